The number of carbonyl (C=O) groups excluding carboxylic acids is 1. The average molecular weight is 246 g/mol. The van der Waals surface area contributed by atoms with Crippen LogP contribution in [0.4, 0.5) is 4.79 Å². The van der Waals surface area contributed by atoms with Gasteiger partial charge in [-0.15, -0.1) is 0 Å². The topological polar surface area (TPSA) is 100 Å². The molecule has 0 heterocycles. The van der Waals surface area contributed by atoms with Crippen molar-refractivity contribution in [1.82, 2.24) is 10.2 Å². The summed E-state index contributed by atoms with van der Waals surface area (Å²) in [6.45, 7) is 5.07. The number of ether oxygens (including phenoxy) is 1. The second-order valence-electron chi connectivity index (χ2n) is 3.93. The summed E-state index contributed by atoms with van der Waals surface area (Å²) in [5, 5.41) is 14.1. The standard InChI is InChI=1S/C10H22N4O3/c1-8(2)12-10(15)14(6-7-17-3)5-4-9(11)13-16/h8,16H,4-7H2,1-3H3,(H2,11,13)(H,12,15). The molecule has 0 saturated heterocycles. The second-order valence-corrected chi connectivity index (χ2v) is 3.93. The number of amidine groups is 1. The van der Waals surface area contributed by atoms with Crippen molar-refractivity contribution >= 4 is 11.9 Å². The summed E-state index contributed by atoms with van der Waals surface area (Å²) in [5.74, 6) is 0.102. The molecule has 2 amide bonds. The van der Waals surface area contributed by atoms with Crippen molar-refractivity contribution in [1.29, 1.82) is 0 Å². The van der Waals surface area contributed by atoms with E-state index in [9.17, 15) is 4.79 Å². The Labute approximate surface area is 102 Å². The molecule has 4 N–H and O–H groups in total. The van der Waals surface area contributed by atoms with Gasteiger partial charge >= 0.3 is 6.03 Å². The van der Waals surface area contributed by atoms with Gasteiger partial charge in [0.05, 0.1) is 6.61 Å². The molecular formula is C10H22N4O3. The van der Waals surface area contributed by atoms with Crippen LogP contribution < -0.4 is 11.1 Å². The maximum absolute atomic E-state index is 11.8. The largest absolute Gasteiger partial charge is 0.409 e. The molecule has 0 aliphatic carbocycles. The van der Waals surface area contributed by atoms with E-state index in [1.165, 1.54) is 0 Å². The fourth-order valence-electron chi connectivity index (χ4n) is 1.15. The Kier molecular flexibility index (Phi) is 7.87. The highest BCUT2D eigenvalue weighted by Gasteiger charge is 2.14. The van der Waals surface area contributed by atoms with Gasteiger partial charge in [-0.3, -0.25) is 0 Å². The molecule has 0 aromatic heterocycles. The van der Waals surface area contributed by atoms with Crippen LogP contribution in [0.3, 0.4) is 0 Å². The molecule has 0 radical (unpaired) electrons. The first kappa shape index (κ1) is 15.5. The van der Waals surface area contributed by atoms with Crippen LogP contribution in [0.25, 0.3) is 0 Å². The highest BCUT2D eigenvalue weighted by Crippen LogP contribution is 1.95. The molecule has 0 rings (SSSR count). The van der Waals surface area contributed by atoms with Gasteiger partial charge in [-0.05, 0) is 13.8 Å². The first-order chi connectivity index (χ1) is 8.01. The van der Waals surface area contributed by atoms with E-state index in [4.69, 9.17) is 15.7 Å². The van der Waals surface area contributed by atoms with Crippen LogP contribution in [0.1, 0.15) is 20.3 Å². The molecule has 0 spiro atoms. The van der Waals surface area contributed by atoms with Gasteiger partial charge in [0.2, 0.25) is 0 Å². The van der Waals surface area contributed by atoms with Crippen LogP contribution in [0.15, 0.2) is 5.16 Å². The third-order valence-corrected chi connectivity index (χ3v) is 2.03. The number of amides is 2. The van der Waals surface area contributed by atoms with Crippen molar-refractivity contribution < 1.29 is 14.7 Å². The quantitative estimate of drug-likeness (QED) is 0.258. The summed E-state index contributed by atoms with van der Waals surface area (Å²) in [6.07, 6.45) is 0.325. The Bertz CT molecular complexity index is 256. The van der Waals surface area contributed by atoms with E-state index in [1.807, 2.05) is 13.8 Å². The lowest BCUT2D eigenvalue weighted by Gasteiger charge is -2.23. The van der Waals surface area contributed by atoms with Gasteiger partial charge in [0, 0.05) is 32.7 Å². The van der Waals surface area contributed by atoms with Crippen LogP contribution in [0.2, 0.25) is 0 Å². The predicted octanol–water partition coefficient (Wildman–Crippen LogP) is 0.189. The van der Waals surface area contributed by atoms with Crippen molar-refractivity contribution in [2.45, 2.75) is 26.3 Å². The second kappa shape index (κ2) is 8.63. The molecule has 0 aliphatic heterocycles. The molecule has 7 nitrogen and oxygen atoms in total. The zero-order valence-corrected chi connectivity index (χ0v) is 10.6. The van der Waals surface area contributed by atoms with Crippen molar-refractivity contribution in [3.8, 4) is 0 Å². The Morgan fingerprint density at radius 2 is 2.18 bits per heavy atom. The molecule has 0 atom stereocenters. The predicted molar refractivity (Wildman–Crippen MR) is 65.1 cm³/mol. The Morgan fingerprint density at radius 3 is 2.65 bits per heavy atom. The molecular weight excluding hydrogens is 224 g/mol. The summed E-state index contributed by atoms with van der Waals surface area (Å²) in [4.78, 5) is 13.3. The van der Waals surface area contributed by atoms with Gasteiger partial charge in [0.25, 0.3) is 0 Å². The highest BCUT2D eigenvalue weighted by molar-refractivity contribution is 5.81. The fourth-order valence-corrected chi connectivity index (χ4v) is 1.15. The monoisotopic (exact) mass is 246 g/mol. The first-order valence-electron chi connectivity index (χ1n) is 5.52. The normalized spacial score (nSPS) is 11.6. The van der Waals surface area contributed by atoms with E-state index < -0.39 is 0 Å². The van der Waals surface area contributed by atoms with E-state index >= 15 is 0 Å². The number of hydrogen-bond donors (Lipinski definition) is 3. The molecule has 0 aliphatic rings. The number of methoxy groups -OCH3 is 1. The third kappa shape index (κ3) is 7.40. The molecule has 0 bridgehead atoms. The van der Waals surface area contributed by atoms with Gasteiger partial charge in [0.15, 0.2) is 0 Å². The zero-order valence-electron chi connectivity index (χ0n) is 10.6. The van der Waals surface area contributed by atoms with Crippen LogP contribution in [0, 0.1) is 0 Å². The number of rotatable bonds is 7. The molecule has 100 valence electrons. The maximum Gasteiger partial charge on any atom is 0.317 e. The summed E-state index contributed by atoms with van der Waals surface area (Å²) < 4.78 is 4.93. The fraction of sp³-hybridized carbons (Fsp3) is 0.800. The van der Waals surface area contributed by atoms with Crippen LogP contribution in [-0.2, 0) is 4.74 Å². The lowest BCUT2D eigenvalue weighted by Crippen LogP contribution is -2.45. The SMILES string of the molecule is COCCN(CCC(N)=NO)C(=O)NC(C)C. The van der Waals surface area contributed by atoms with Gasteiger partial charge in [0.1, 0.15) is 5.84 Å². The minimum absolute atomic E-state index is 0.0661. The molecule has 0 aromatic rings. The summed E-state index contributed by atoms with van der Waals surface area (Å²) >= 11 is 0. The number of oxime groups is 1. The van der Waals surface area contributed by atoms with Gasteiger partial charge in [-0.1, -0.05) is 5.16 Å². The van der Waals surface area contributed by atoms with Crippen molar-refractivity contribution in [3.63, 3.8) is 0 Å². The number of nitrogens with zero attached hydrogens (tertiary/aromatic N) is 2. The number of urea groups is 1. The van der Waals surface area contributed by atoms with Crippen molar-refractivity contribution in [2.24, 2.45) is 10.9 Å². The molecule has 0 saturated carbocycles. The Morgan fingerprint density at radius 1 is 1.53 bits per heavy atom. The number of carbonyl (C=O) groups is 1. The van der Waals surface area contributed by atoms with E-state index in [2.05, 4.69) is 10.5 Å². The molecule has 17 heavy (non-hydrogen) atoms. The maximum atomic E-state index is 11.8. The number of nitrogens with one attached hydrogen (secondary N) is 1. The van der Waals surface area contributed by atoms with Gasteiger partial charge in [-0.25, -0.2) is 4.79 Å². The summed E-state index contributed by atoms with van der Waals surface area (Å²) in [6, 6.07) is -0.112. The Balaban J connectivity index is 4.26. The first-order valence-corrected chi connectivity index (χ1v) is 5.52. The average Bonchev–Trinajstić information content (AvgIpc) is 2.27. The van der Waals surface area contributed by atoms with E-state index in [0.717, 1.165) is 0 Å². The summed E-state index contributed by atoms with van der Waals surface area (Å²) in [7, 11) is 1.57. The van der Waals surface area contributed by atoms with E-state index in [0.29, 0.717) is 26.1 Å². The minimum atomic E-state index is -0.178. The van der Waals surface area contributed by atoms with Crippen LogP contribution >= 0.6 is 0 Å². The molecule has 0 fully saturated rings. The molecule has 7 heteroatoms. The molecule has 0 unspecified atom stereocenters. The Hall–Kier alpha value is -1.50. The lowest BCUT2D eigenvalue weighted by molar-refractivity contribution is 0.149. The van der Waals surface area contributed by atoms with Crippen LogP contribution in [-0.4, -0.2) is 54.8 Å². The van der Waals surface area contributed by atoms with E-state index in [1.54, 1.807) is 12.0 Å². The molecule has 0 aromatic carbocycles. The smallest absolute Gasteiger partial charge is 0.317 e. The highest BCUT2D eigenvalue weighted by atomic mass is 16.5. The van der Waals surface area contributed by atoms with Crippen LogP contribution in [0.5, 0.6) is 0 Å². The van der Waals surface area contributed by atoms with Gasteiger partial charge in [-0.2, -0.15) is 0 Å². The summed E-state index contributed by atoms with van der Waals surface area (Å²) in [5.41, 5.74) is 5.36. The minimum Gasteiger partial charge on any atom is -0.409 e. The van der Waals surface area contributed by atoms with Crippen molar-refractivity contribution in [3.05, 3.63) is 0 Å². The lowest BCUT2D eigenvalue weighted by atomic mass is 10.3. The van der Waals surface area contributed by atoms with E-state index in [-0.39, 0.29) is 17.9 Å². The van der Waals surface area contributed by atoms with Crippen molar-refractivity contribution in [2.75, 3.05) is 26.8 Å². The zero-order chi connectivity index (χ0) is 13.3. The van der Waals surface area contributed by atoms with Gasteiger partial charge < -0.3 is 25.9 Å². The number of nitrogens with two attached hydrogens (primary N) is 1. The number of hydrogen-bond acceptors (Lipinski definition) is 4. The third-order valence-electron chi connectivity index (χ3n) is 2.03.